The van der Waals surface area contributed by atoms with E-state index in [-0.39, 0.29) is 31.1 Å². The van der Waals surface area contributed by atoms with Gasteiger partial charge in [0.25, 0.3) is 0 Å². The third-order valence-electron chi connectivity index (χ3n) is 7.65. The molecule has 2 aromatic rings. The second-order valence-electron chi connectivity index (χ2n) is 10.5. The summed E-state index contributed by atoms with van der Waals surface area (Å²) in [5.74, 6) is -0.792. The highest BCUT2D eigenvalue weighted by molar-refractivity contribution is 5.96. The molecule has 12 heteroatoms. The number of amides is 1. The van der Waals surface area contributed by atoms with Gasteiger partial charge in [0.05, 0.1) is 6.61 Å². The normalized spacial score (nSPS) is 19.1. The number of pyridine rings is 1. The molecule has 2 saturated carbocycles. The molecule has 0 bridgehead atoms. The minimum absolute atomic E-state index is 0.0210. The van der Waals surface area contributed by atoms with E-state index in [0.29, 0.717) is 37.6 Å². The van der Waals surface area contributed by atoms with E-state index in [1.165, 1.54) is 6.20 Å². The summed E-state index contributed by atoms with van der Waals surface area (Å²) in [5, 5.41) is 0. The van der Waals surface area contributed by atoms with E-state index in [1.54, 1.807) is 17.0 Å². The number of piperazine rings is 1. The fraction of sp³-hybridized carbons (Fsp3) is 0.630. The lowest BCUT2D eigenvalue weighted by Gasteiger charge is -2.35. The molecule has 39 heavy (non-hydrogen) atoms. The van der Waals surface area contributed by atoms with Gasteiger partial charge in [-0.15, -0.1) is 0 Å². The van der Waals surface area contributed by atoms with Crippen LogP contribution in [0.2, 0.25) is 0 Å². The zero-order chi connectivity index (χ0) is 27.4. The molecule has 212 valence electrons. The molecule has 2 aliphatic carbocycles. The SMILES string of the molecule is O=C(Cc1ccc(N2CCN(C(=O)OC3CCCC3)CC2)nc1)c1oc(OCC2CCCC2)nc1C(F)(F)F. The van der Waals surface area contributed by atoms with Crippen LogP contribution in [0, 0.1) is 5.92 Å². The van der Waals surface area contributed by atoms with Crippen LogP contribution < -0.4 is 9.64 Å². The predicted molar refractivity (Wildman–Crippen MR) is 134 cm³/mol. The van der Waals surface area contributed by atoms with Crippen molar-refractivity contribution in [2.75, 3.05) is 37.7 Å². The molecule has 3 aliphatic rings. The number of nitrogens with zero attached hydrogens (tertiary/aromatic N) is 4. The van der Waals surface area contributed by atoms with Crippen LogP contribution in [0.25, 0.3) is 0 Å². The Bertz CT molecular complexity index is 1130. The average molecular weight is 551 g/mol. The molecule has 0 spiro atoms. The molecule has 0 radical (unpaired) electrons. The topological polar surface area (TPSA) is 98.0 Å². The zero-order valence-electron chi connectivity index (χ0n) is 21.8. The molecule has 0 unspecified atom stereocenters. The van der Waals surface area contributed by atoms with Gasteiger partial charge in [-0.05, 0) is 56.1 Å². The molecular formula is C27H33F3N4O5. The molecular weight excluding hydrogens is 517 g/mol. The van der Waals surface area contributed by atoms with Crippen LogP contribution in [0.1, 0.15) is 73.2 Å². The second kappa shape index (κ2) is 11.8. The van der Waals surface area contributed by atoms with Crippen LogP contribution in [-0.2, 0) is 17.3 Å². The van der Waals surface area contributed by atoms with Crippen molar-refractivity contribution in [3.63, 3.8) is 0 Å². The van der Waals surface area contributed by atoms with E-state index < -0.39 is 29.5 Å². The molecule has 1 saturated heterocycles. The average Bonchev–Trinajstić information content (AvgIpc) is 3.70. The largest absolute Gasteiger partial charge is 0.450 e. The van der Waals surface area contributed by atoms with Crippen LogP contribution >= 0.6 is 0 Å². The minimum atomic E-state index is -4.85. The lowest BCUT2D eigenvalue weighted by atomic mass is 10.1. The Kier molecular flexibility index (Phi) is 8.27. The summed E-state index contributed by atoms with van der Waals surface area (Å²) in [6, 6.07) is 3.37. The Morgan fingerprint density at radius 3 is 2.33 bits per heavy atom. The van der Waals surface area contributed by atoms with Gasteiger partial charge in [-0.2, -0.15) is 18.2 Å². The van der Waals surface area contributed by atoms with E-state index in [0.717, 1.165) is 51.4 Å². The Hall–Kier alpha value is -3.31. The van der Waals surface area contributed by atoms with Gasteiger partial charge in [0.2, 0.25) is 11.5 Å². The molecule has 2 aromatic heterocycles. The highest BCUT2D eigenvalue weighted by Gasteiger charge is 2.41. The maximum absolute atomic E-state index is 13.6. The second-order valence-corrected chi connectivity index (χ2v) is 10.5. The molecule has 3 heterocycles. The maximum atomic E-state index is 13.6. The number of carbonyl (C=O) groups is 2. The van der Waals surface area contributed by atoms with Crippen molar-refractivity contribution >= 4 is 17.7 Å². The number of Topliss-reactive ketones (excluding diaryl/α,β-unsaturated/α-hetero) is 1. The monoisotopic (exact) mass is 550 g/mol. The van der Waals surface area contributed by atoms with Gasteiger partial charge in [-0.1, -0.05) is 18.9 Å². The summed E-state index contributed by atoms with van der Waals surface area (Å²) in [6.07, 6.45) is 3.57. The number of oxazole rings is 1. The number of carbonyl (C=O) groups excluding carboxylic acids is 2. The summed E-state index contributed by atoms with van der Waals surface area (Å²) in [6.45, 7) is 2.37. The van der Waals surface area contributed by atoms with Crippen LogP contribution in [0.15, 0.2) is 22.7 Å². The molecule has 1 amide bonds. The van der Waals surface area contributed by atoms with Crippen LogP contribution in [-0.4, -0.2) is 65.6 Å². The Morgan fingerprint density at radius 1 is 1.00 bits per heavy atom. The summed E-state index contributed by atoms with van der Waals surface area (Å²) in [7, 11) is 0. The number of anilines is 1. The molecule has 5 rings (SSSR count). The van der Waals surface area contributed by atoms with E-state index >= 15 is 0 Å². The summed E-state index contributed by atoms with van der Waals surface area (Å²) < 4.78 is 56.8. The third-order valence-corrected chi connectivity index (χ3v) is 7.65. The first-order valence-electron chi connectivity index (χ1n) is 13.7. The van der Waals surface area contributed by atoms with E-state index in [9.17, 15) is 22.8 Å². The van der Waals surface area contributed by atoms with Crippen molar-refractivity contribution in [1.29, 1.82) is 0 Å². The number of rotatable bonds is 8. The van der Waals surface area contributed by atoms with E-state index in [2.05, 4.69) is 9.97 Å². The third kappa shape index (κ3) is 6.83. The first-order valence-corrected chi connectivity index (χ1v) is 13.7. The summed E-state index contributed by atoms with van der Waals surface area (Å²) in [5.41, 5.74) is -0.927. The van der Waals surface area contributed by atoms with Crippen LogP contribution in [0.3, 0.4) is 0 Å². The Balaban J connectivity index is 1.16. The maximum Gasteiger partial charge on any atom is 0.437 e. The van der Waals surface area contributed by atoms with Crippen molar-refractivity contribution in [3.8, 4) is 6.08 Å². The zero-order valence-corrected chi connectivity index (χ0v) is 21.8. The van der Waals surface area contributed by atoms with Crippen molar-refractivity contribution in [2.45, 2.75) is 70.1 Å². The molecule has 0 N–H and O–H groups in total. The van der Waals surface area contributed by atoms with Crippen LogP contribution in [0.5, 0.6) is 6.08 Å². The van der Waals surface area contributed by atoms with Gasteiger partial charge in [-0.3, -0.25) is 4.79 Å². The number of hydrogen-bond donors (Lipinski definition) is 0. The number of alkyl halides is 3. The number of hydrogen-bond acceptors (Lipinski definition) is 8. The molecule has 9 nitrogen and oxygen atoms in total. The van der Waals surface area contributed by atoms with Crippen molar-refractivity contribution < 1.29 is 36.7 Å². The number of ketones is 1. The molecule has 0 aromatic carbocycles. The van der Waals surface area contributed by atoms with Gasteiger partial charge in [0.15, 0.2) is 5.69 Å². The number of halogens is 3. The van der Waals surface area contributed by atoms with Gasteiger partial charge < -0.3 is 23.7 Å². The van der Waals surface area contributed by atoms with Gasteiger partial charge >= 0.3 is 18.3 Å². The number of aromatic nitrogens is 2. The summed E-state index contributed by atoms with van der Waals surface area (Å²) >= 11 is 0. The quantitative estimate of drug-likeness (QED) is 0.410. The standard InChI is InChI=1S/C27H33F3N4O5/c28-27(29,30)24-23(39-25(32-24)37-17-18-5-1-2-6-18)21(35)15-19-9-10-22(31-16-19)33-11-13-34(14-12-33)26(36)38-20-7-3-4-8-20/h9-10,16,18,20H,1-8,11-15,17H2. The van der Waals surface area contributed by atoms with Crippen molar-refractivity contribution in [3.05, 3.63) is 35.3 Å². The van der Waals surface area contributed by atoms with Gasteiger partial charge in [-0.25, -0.2) is 9.78 Å². The van der Waals surface area contributed by atoms with E-state index in [1.807, 2.05) is 4.90 Å². The van der Waals surface area contributed by atoms with E-state index in [4.69, 9.17) is 13.9 Å². The highest BCUT2D eigenvalue weighted by Crippen LogP contribution is 2.35. The van der Waals surface area contributed by atoms with Crippen molar-refractivity contribution in [1.82, 2.24) is 14.9 Å². The van der Waals surface area contributed by atoms with Crippen LogP contribution in [0.4, 0.5) is 23.8 Å². The van der Waals surface area contributed by atoms with Gasteiger partial charge in [0, 0.05) is 38.8 Å². The Morgan fingerprint density at radius 2 is 1.69 bits per heavy atom. The smallest absolute Gasteiger partial charge is 0.437 e. The van der Waals surface area contributed by atoms with Crippen molar-refractivity contribution in [2.24, 2.45) is 5.92 Å². The molecule has 0 atom stereocenters. The summed E-state index contributed by atoms with van der Waals surface area (Å²) in [4.78, 5) is 36.7. The predicted octanol–water partition coefficient (Wildman–Crippen LogP) is 5.28. The first kappa shape index (κ1) is 27.3. The fourth-order valence-corrected chi connectivity index (χ4v) is 5.42. The lowest BCUT2D eigenvalue weighted by Crippen LogP contribution is -2.49. The minimum Gasteiger partial charge on any atom is -0.450 e. The highest BCUT2D eigenvalue weighted by atomic mass is 19.4. The Labute approximate surface area is 224 Å². The number of ether oxygens (including phenoxy) is 2. The first-order chi connectivity index (χ1) is 18.8. The molecule has 1 aliphatic heterocycles. The van der Waals surface area contributed by atoms with Gasteiger partial charge in [0.1, 0.15) is 11.9 Å². The molecule has 3 fully saturated rings. The lowest BCUT2D eigenvalue weighted by molar-refractivity contribution is -0.141. The fourth-order valence-electron chi connectivity index (χ4n) is 5.42.